The number of amides is 1. The van der Waals surface area contributed by atoms with Gasteiger partial charge in [0.2, 0.25) is 0 Å². The number of rotatable bonds is 5. The van der Waals surface area contributed by atoms with Crippen LogP contribution in [0.15, 0.2) is 82.6 Å². The molecule has 0 N–H and O–H groups in total. The van der Waals surface area contributed by atoms with E-state index in [0.29, 0.717) is 0 Å². The molecule has 4 rings (SSSR count). The van der Waals surface area contributed by atoms with Crippen molar-refractivity contribution in [1.82, 2.24) is 0 Å². The van der Waals surface area contributed by atoms with Crippen molar-refractivity contribution in [2.45, 2.75) is 16.2 Å². The van der Waals surface area contributed by atoms with Crippen LogP contribution in [0.25, 0.3) is 0 Å². The number of anilines is 2. The summed E-state index contributed by atoms with van der Waals surface area (Å²) in [6.45, 7) is -0.465. The van der Waals surface area contributed by atoms with Gasteiger partial charge in [-0.15, -0.1) is 0 Å². The van der Waals surface area contributed by atoms with Gasteiger partial charge in [0.05, 0.1) is 22.7 Å². The lowest BCUT2D eigenvalue weighted by Crippen LogP contribution is -2.32. The number of nitrogens with zero attached hydrogens (tertiary/aromatic N) is 2. The van der Waals surface area contributed by atoms with Crippen LogP contribution in [0.1, 0.15) is 5.56 Å². The normalized spacial score (nSPS) is 11.9. The lowest BCUT2D eigenvalue weighted by Gasteiger charge is -2.30. The van der Waals surface area contributed by atoms with E-state index in [9.17, 15) is 19.7 Å². The molecule has 0 bridgehead atoms. The highest BCUT2D eigenvalue weighted by Gasteiger charge is 2.28. The summed E-state index contributed by atoms with van der Waals surface area (Å²) in [4.78, 5) is 39.2. The first-order valence-corrected chi connectivity index (χ1v) is 9.93. The van der Waals surface area contributed by atoms with Crippen LogP contribution in [0.5, 0.6) is 0 Å². The molecule has 0 saturated carbocycles. The number of carbonyl (C=O) groups excluding carboxylic acids is 2. The van der Waals surface area contributed by atoms with E-state index < -0.39 is 23.4 Å². The Hall–Kier alpha value is -3.65. The maximum Gasteiger partial charge on any atom is 0.311 e. The second kappa shape index (κ2) is 8.38. The van der Waals surface area contributed by atoms with Crippen molar-refractivity contribution in [2.75, 3.05) is 11.5 Å². The third-order valence-electron chi connectivity index (χ3n) is 4.56. The first-order chi connectivity index (χ1) is 14.5. The summed E-state index contributed by atoms with van der Waals surface area (Å²) in [5, 5.41) is 11.1. The lowest BCUT2D eigenvalue weighted by molar-refractivity contribution is -0.385. The summed E-state index contributed by atoms with van der Waals surface area (Å²) in [7, 11) is 0. The number of hydrogen-bond donors (Lipinski definition) is 0. The molecule has 7 nitrogen and oxygen atoms in total. The second-order valence-electron chi connectivity index (χ2n) is 6.49. The van der Waals surface area contributed by atoms with Crippen molar-refractivity contribution in [3.63, 3.8) is 0 Å². The van der Waals surface area contributed by atoms with Gasteiger partial charge in [-0.3, -0.25) is 24.6 Å². The Morgan fingerprint density at radius 1 is 0.900 bits per heavy atom. The molecule has 0 radical (unpaired) electrons. The van der Waals surface area contributed by atoms with Crippen molar-refractivity contribution < 1.29 is 19.2 Å². The Bertz CT molecular complexity index is 1100. The number of fused-ring (bicyclic) bond motifs is 2. The molecule has 8 heteroatoms. The fourth-order valence-corrected chi connectivity index (χ4v) is 4.28. The van der Waals surface area contributed by atoms with Gasteiger partial charge in [0.1, 0.15) is 0 Å². The molecule has 0 unspecified atom stereocenters. The minimum atomic E-state index is -0.703. The van der Waals surface area contributed by atoms with Crippen LogP contribution in [0.4, 0.5) is 17.1 Å². The zero-order chi connectivity index (χ0) is 21.1. The number of ether oxygens (including phenoxy) is 1. The average molecular weight is 420 g/mol. The first-order valence-electron chi connectivity index (χ1n) is 9.11. The topological polar surface area (TPSA) is 89.7 Å². The SMILES string of the molecule is O=C(Cc1ccccc1[N+](=O)[O-])OCC(=O)N1c2ccccc2Sc2ccccc21. The van der Waals surface area contributed by atoms with E-state index in [2.05, 4.69) is 0 Å². The van der Waals surface area contributed by atoms with Gasteiger partial charge in [-0.25, -0.2) is 0 Å². The quantitative estimate of drug-likeness (QED) is 0.343. The first kappa shape index (κ1) is 19.7. The maximum atomic E-state index is 13.0. The van der Waals surface area contributed by atoms with E-state index >= 15 is 0 Å². The van der Waals surface area contributed by atoms with Crippen molar-refractivity contribution in [3.8, 4) is 0 Å². The number of carbonyl (C=O) groups is 2. The second-order valence-corrected chi connectivity index (χ2v) is 7.57. The molecule has 0 saturated heterocycles. The summed E-state index contributed by atoms with van der Waals surface area (Å²) in [6, 6.07) is 21.0. The zero-order valence-corrected chi connectivity index (χ0v) is 16.5. The largest absolute Gasteiger partial charge is 0.455 e. The van der Waals surface area contributed by atoms with Crippen molar-refractivity contribution >= 4 is 40.7 Å². The van der Waals surface area contributed by atoms with E-state index in [1.807, 2.05) is 48.5 Å². The summed E-state index contributed by atoms with van der Waals surface area (Å²) in [6.07, 6.45) is -0.284. The Morgan fingerprint density at radius 3 is 2.10 bits per heavy atom. The fraction of sp³-hybridized carbons (Fsp3) is 0.0909. The van der Waals surface area contributed by atoms with E-state index in [1.54, 1.807) is 22.7 Å². The zero-order valence-electron chi connectivity index (χ0n) is 15.7. The molecule has 0 aliphatic carbocycles. The van der Waals surface area contributed by atoms with Gasteiger partial charge >= 0.3 is 5.97 Å². The number of nitro groups is 1. The highest BCUT2D eigenvalue weighted by molar-refractivity contribution is 7.99. The van der Waals surface area contributed by atoms with Crippen LogP contribution in [0, 0.1) is 10.1 Å². The average Bonchev–Trinajstić information content (AvgIpc) is 2.76. The molecule has 0 aromatic heterocycles. The molecule has 0 fully saturated rings. The Kier molecular flexibility index (Phi) is 5.49. The van der Waals surface area contributed by atoms with Crippen molar-refractivity contribution in [1.29, 1.82) is 0 Å². The Balaban J connectivity index is 1.50. The summed E-state index contributed by atoms with van der Waals surface area (Å²) < 4.78 is 5.17. The minimum absolute atomic E-state index is 0.156. The Labute approximate surface area is 176 Å². The van der Waals surface area contributed by atoms with Crippen LogP contribution >= 0.6 is 11.8 Å². The molecule has 1 heterocycles. The Morgan fingerprint density at radius 2 is 1.47 bits per heavy atom. The van der Waals surface area contributed by atoms with Gasteiger partial charge < -0.3 is 4.74 Å². The molecule has 0 spiro atoms. The van der Waals surface area contributed by atoms with E-state index in [4.69, 9.17) is 4.74 Å². The minimum Gasteiger partial charge on any atom is -0.455 e. The number of para-hydroxylation sites is 3. The van der Waals surface area contributed by atoms with E-state index in [-0.39, 0.29) is 17.7 Å². The highest BCUT2D eigenvalue weighted by Crippen LogP contribution is 2.47. The maximum absolute atomic E-state index is 13.0. The van der Waals surface area contributed by atoms with Gasteiger partial charge in [0, 0.05) is 21.4 Å². The number of benzene rings is 3. The molecule has 1 aliphatic rings. The molecular weight excluding hydrogens is 404 g/mol. The molecule has 3 aromatic rings. The van der Waals surface area contributed by atoms with Crippen LogP contribution in [0.2, 0.25) is 0 Å². The molecular formula is C22H16N2O5S. The summed E-state index contributed by atoms with van der Waals surface area (Å²) in [5.74, 6) is -1.10. The van der Waals surface area contributed by atoms with Gasteiger partial charge in [0.15, 0.2) is 6.61 Å². The highest BCUT2D eigenvalue weighted by atomic mass is 32.2. The monoisotopic (exact) mass is 420 g/mol. The van der Waals surface area contributed by atoms with Crippen LogP contribution in [0.3, 0.4) is 0 Å². The standard InChI is InChI=1S/C22H16N2O5S/c25-21(14-29-22(26)13-15-7-1-2-8-16(15)24(27)28)23-17-9-3-5-11-19(17)30-20-12-6-4-10-18(20)23/h1-12H,13-14H2. The molecule has 1 aliphatic heterocycles. The van der Waals surface area contributed by atoms with Gasteiger partial charge in [-0.1, -0.05) is 54.2 Å². The van der Waals surface area contributed by atoms with Crippen LogP contribution in [-0.4, -0.2) is 23.4 Å². The molecule has 150 valence electrons. The summed E-state index contributed by atoms with van der Waals surface area (Å²) in [5.41, 5.74) is 1.53. The van der Waals surface area contributed by atoms with E-state index in [1.165, 1.54) is 18.2 Å². The third-order valence-corrected chi connectivity index (χ3v) is 5.69. The van der Waals surface area contributed by atoms with Crippen LogP contribution < -0.4 is 4.90 Å². The lowest BCUT2D eigenvalue weighted by atomic mass is 10.1. The van der Waals surface area contributed by atoms with Gasteiger partial charge in [-0.05, 0) is 24.3 Å². The smallest absolute Gasteiger partial charge is 0.311 e. The number of nitro benzene ring substituents is 1. The van der Waals surface area contributed by atoms with Gasteiger partial charge in [-0.2, -0.15) is 0 Å². The van der Waals surface area contributed by atoms with Gasteiger partial charge in [0.25, 0.3) is 11.6 Å². The predicted octanol–water partition coefficient (Wildman–Crippen LogP) is 4.51. The molecule has 1 amide bonds. The third kappa shape index (κ3) is 3.90. The predicted molar refractivity (Wildman–Crippen MR) is 112 cm³/mol. The fourth-order valence-electron chi connectivity index (χ4n) is 3.23. The van der Waals surface area contributed by atoms with Crippen molar-refractivity contribution in [2.24, 2.45) is 0 Å². The van der Waals surface area contributed by atoms with Crippen molar-refractivity contribution in [3.05, 3.63) is 88.5 Å². The van der Waals surface area contributed by atoms with Crippen LogP contribution in [-0.2, 0) is 20.7 Å². The molecule has 30 heavy (non-hydrogen) atoms. The number of esters is 1. The van der Waals surface area contributed by atoms with E-state index in [0.717, 1.165) is 21.2 Å². The summed E-state index contributed by atoms with van der Waals surface area (Å²) >= 11 is 1.57. The molecule has 0 atom stereocenters. The number of hydrogen-bond acceptors (Lipinski definition) is 6. The molecule has 3 aromatic carbocycles.